The van der Waals surface area contributed by atoms with Crippen LogP contribution >= 0.6 is 0 Å². The minimum Gasteiger partial charge on any atom is -0.465 e. The summed E-state index contributed by atoms with van der Waals surface area (Å²) in [6.45, 7) is 0. The van der Waals surface area contributed by atoms with E-state index >= 15 is 0 Å². The number of ether oxygens (including phenoxy) is 1. The lowest BCUT2D eigenvalue weighted by atomic mass is 10.1. The number of benzene rings is 1. The molecule has 5 nitrogen and oxygen atoms in total. The van der Waals surface area contributed by atoms with Gasteiger partial charge < -0.3 is 9.26 Å². The first-order valence-corrected chi connectivity index (χ1v) is 3.92. The Morgan fingerprint density at radius 1 is 1.50 bits per heavy atom. The maximum absolute atomic E-state index is 11.1. The zero-order chi connectivity index (χ0) is 10.1. The third-order valence-electron chi connectivity index (χ3n) is 1.91. The van der Waals surface area contributed by atoms with Crippen LogP contribution in [-0.4, -0.2) is 18.2 Å². The van der Waals surface area contributed by atoms with E-state index in [0.717, 1.165) is 0 Å². The van der Waals surface area contributed by atoms with Crippen molar-refractivity contribution in [2.24, 2.45) is 0 Å². The molecule has 1 N–H and O–H groups in total. The van der Waals surface area contributed by atoms with Crippen LogP contribution in [0, 0.1) is 0 Å². The molecule has 0 aliphatic rings. The van der Waals surface area contributed by atoms with Crippen LogP contribution in [0.5, 0.6) is 0 Å². The second-order valence-electron chi connectivity index (χ2n) is 2.74. The monoisotopic (exact) mass is 193 g/mol. The van der Waals surface area contributed by atoms with Crippen molar-refractivity contribution < 1.29 is 14.1 Å². The topological polar surface area (TPSA) is 72.3 Å². The second kappa shape index (κ2) is 3.02. The summed E-state index contributed by atoms with van der Waals surface area (Å²) < 4.78 is 9.07. The standard InChI is InChI=1S/C9H7NO4/c1-13-8(11)5-2-3-7-6(4-5)9(12)14-10-7/h2-4,10H,1H3. The molecule has 0 saturated carbocycles. The van der Waals surface area contributed by atoms with Gasteiger partial charge in [-0.2, -0.15) is 0 Å². The molecular weight excluding hydrogens is 186 g/mol. The van der Waals surface area contributed by atoms with Gasteiger partial charge in [-0.3, -0.25) is 0 Å². The van der Waals surface area contributed by atoms with Crippen molar-refractivity contribution in [1.82, 2.24) is 5.16 Å². The largest absolute Gasteiger partial charge is 0.465 e. The van der Waals surface area contributed by atoms with Crippen molar-refractivity contribution in [3.8, 4) is 0 Å². The van der Waals surface area contributed by atoms with Crippen LogP contribution in [0.15, 0.2) is 27.5 Å². The highest BCUT2D eigenvalue weighted by atomic mass is 16.5. The number of hydrogen-bond acceptors (Lipinski definition) is 4. The summed E-state index contributed by atoms with van der Waals surface area (Å²) in [6.07, 6.45) is 0. The smallest absolute Gasteiger partial charge is 0.365 e. The van der Waals surface area contributed by atoms with Gasteiger partial charge in [0.25, 0.3) is 0 Å². The molecule has 0 radical (unpaired) electrons. The molecule has 0 spiro atoms. The Hall–Kier alpha value is -2.04. The van der Waals surface area contributed by atoms with E-state index in [1.165, 1.54) is 13.2 Å². The molecule has 14 heavy (non-hydrogen) atoms. The summed E-state index contributed by atoms with van der Waals surface area (Å²) in [5.74, 6) is -0.479. The van der Waals surface area contributed by atoms with Crippen molar-refractivity contribution in [2.75, 3.05) is 7.11 Å². The number of hydrogen-bond donors (Lipinski definition) is 1. The number of fused-ring (bicyclic) bond motifs is 1. The van der Waals surface area contributed by atoms with Gasteiger partial charge in [0.1, 0.15) is 0 Å². The Morgan fingerprint density at radius 2 is 2.29 bits per heavy atom. The van der Waals surface area contributed by atoms with Crippen molar-refractivity contribution >= 4 is 16.9 Å². The molecule has 0 bridgehead atoms. The van der Waals surface area contributed by atoms with E-state index in [-0.39, 0.29) is 0 Å². The Bertz CT molecular complexity index is 537. The number of aromatic amines is 1. The van der Waals surface area contributed by atoms with E-state index in [0.29, 0.717) is 16.5 Å². The molecule has 2 rings (SSSR count). The molecule has 1 heterocycles. The Morgan fingerprint density at radius 3 is 3.00 bits per heavy atom. The molecule has 0 fully saturated rings. The first-order valence-electron chi connectivity index (χ1n) is 3.92. The van der Waals surface area contributed by atoms with Gasteiger partial charge in [-0.15, -0.1) is 0 Å². The maximum Gasteiger partial charge on any atom is 0.365 e. The number of esters is 1. The molecular formula is C9H7NO4. The van der Waals surface area contributed by atoms with Crippen LogP contribution in [0.25, 0.3) is 10.9 Å². The lowest BCUT2D eigenvalue weighted by Crippen LogP contribution is -2.01. The Labute approximate surface area is 78.2 Å². The van der Waals surface area contributed by atoms with Crippen molar-refractivity contribution in [3.05, 3.63) is 34.2 Å². The molecule has 1 aromatic heterocycles. The fourth-order valence-electron chi connectivity index (χ4n) is 1.20. The molecule has 0 saturated heterocycles. The summed E-state index contributed by atoms with van der Waals surface area (Å²) in [5.41, 5.74) is 0.389. The fourth-order valence-corrected chi connectivity index (χ4v) is 1.20. The first-order chi connectivity index (χ1) is 6.72. The van der Waals surface area contributed by atoms with E-state index < -0.39 is 11.6 Å². The molecule has 0 unspecified atom stereocenters. The number of H-pyrrole nitrogens is 1. The zero-order valence-electron chi connectivity index (χ0n) is 7.37. The first kappa shape index (κ1) is 8.55. The zero-order valence-corrected chi connectivity index (χ0v) is 7.37. The van der Waals surface area contributed by atoms with Gasteiger partial charge in [0, 0.05) is 0 Å². The highest BCUT2D eigenvalue weighted by Gasteiger charge is 2.09. The van der Waals surface area contributed by atoms with Gasteiger partial charge in [-0.1, -0.05) is 0 Å². The number of methoxy groups -OCH3 is 1. The third kappa shape index (κ3) is 1.19. The molecule has 0 aliphatic carbocycles. The van der Waals surface area contributed by atoms with Crippen LogP contribution < -0.4 is 5.63 Å². The van der Waals surface area contributed by atoms with Crippen molar-refractivity contribution in [2.45, 2.75) is 0 Å². The Kier molecular flexibility index (Phi) is 1.85. The van der Waals surface area contributed by atoms with Gasteiger partial charge in [-0.05, 0) is 18.2 Å². The van der Waals surface area contributed by atoms with Crippen LogP contribution in [0.4, 0.5) is 0 Å². The van der Waals surface area contributed by atoms with Crippen LogP contribution in [0.2, 0.25) is 0 Å². The number of carbonyl (C=O) groups excluding carboxylic acids is 1. The fraction of sp³-hybridized carbons (Fsp3) is 0.111. The van der Waals surface area contributed by atoms with E-state index in [1.807, 2.05) is 0 Å². The Balaban J connectivity index is 2.66. The van der Waals surface area contributed by atoms with Crippen LogP contribution in [0.1, 0.15) is 10.4 Å². The molecule has 0 aliphatic heterocycles. The number of aromatic nitrogens is 1. The molecule has 5 heteroatoms. The predicted octanol–water partition coefficient (Wildman–Crippen LogP) is 0.908. The summed E-state index contributed by atoms with van der Waals surface area (Å²) >= 11 is 0. The second-order valence-corrected chi connectivity index (χ2v) is 2.74. The van der Waals surface area contributed by atoms with E-state index in [9.17, 15) is 9.59 Å². The highest BCUT2D eigenvalue weighted by molar-refractivity contribution is 5.93. The van der Waals surface area contributed by atoms with E-state index in [2.05, 4.69) is 14.4 Å². The molecule has 2 aromatic rings. The quantitative estimate of drug-likeness (QED) is 0.683. The average molecular weight is 193 g/mol. The maximum atomic E-state index is 11.1. The predicted molar refractivity (Wildman–Crippen MR) is 48.2 cm³/mol. The van der Waals surface area contributed by atoms with Gasteiger partial charge in [0.2, 0.25) is 0 Å². The number of nitrogens with one attached hydrogen (secondary N) is 1. The van der Waals surface area contributed by atoms with Gasteiger partial charge >= 0.3 is 11.6 Å². The van der Waals surface area contributed by atoms with Crippen LogP contribution in [0.3, 0.4) is 0 Å². The minimum absolute atomic E-state index is 0.326. The number of carbonyl (C=O) groups is 1. The third-order valence-corrected chi connectivity index (χ3v) is 1.91. The minimum atomic E-state index is -0.495. The lowest BCUT2D eigenvalue weighted by molar-refractivity contribution is 0.0601. The van der Waals surface area contributed by atoms with E-state index in [1.54, 1.807) is 12.1 Å². The van der Waals surface area contributed by atoms with E-state index in [4.69, 9.17) is 0 Å². The molecule has 72 valence electrons. The van der Waals surface area contributed by atoms with Gasteiger partial charge in [0.15, 0.2) is 0 Å². The van der Waals surface area contributed by atoms with Crippen molar-refractivity contribution in [3.63, 3.8) is 0 Å². The number of rotatable bonds is 1. The molecule has 0 amide bonds. The summed E-state index contributed by atoms with van der Waals surface area (Å²) in [7, 11) is 1.28. The summed E-state index contributed by atoms with van der Waals surface area (Å²) in [5, 5.41) is 2.77. The highest BCUT2D eigenvalue weighted by Crippen LogP contribution is 2.11. The normalized spacial score (nSPS) is 10.4. The van der Waals surface area contributed by atoms with Crippen molar-refractivity contribution in [1.29, 1.82) is 0 Å². The SMILES string of the molecule is COC(=O)c1ccc2[nH]oc(=O)c2c1. The summed E-state index contributed by atoms with van der Waals surface area (Å²) in [4.78, 5) is 22.2. The van der Waals surface area contributed by atoms with Crippen LogP contribution in [-0.2, 0) is 4.74 Å². The van der Waals surface area contributed by atoms with Gasteiger partial charge in [-0.25, -0.2) is 14.7 Å². The van der Waals surface area contributed by atoms with Gasteiger partial charge in [0.05, 0.1) is 23.6 Å². The molecule has 1 aromatic carbocycles. The summed E-state index contributed by atoms with van der Waals surface area (Å²) in [6, 6.07) is 4.58. The average Bonchev–Trinajstić information content (AvgIpc) is 2.59. The lowest BCUT2D eigenvalue weighted by Gasteiger charge is -1.96. The molecule has 0 atom stereocenters.